The first-order valence-corrected chi connectivity index (χ1v) is 5.54. The quantitative estimate of drug-likeness (QED) is 0.331. The van der Waals surface area contributed by atoms with Crippen molar-refractivity contribution in [3.05, 3.63) is 0 Å². The van der Waals surface area contributed by atoms with E-state index in [1.807, 2.05) is 0 Å². The number of unbranched alkanes of at least 4 members (excludes halogenated alkanes) is 3. The van der Waals surface area contributed by atoms with E-state index in [4.69, 9.17) is 11.6 Å². The summed E-state index contributed by atoms with van der Waals surface area (Å²) in [5, 5.41) is 0. The van der Waals surface area contributed by atoms with Crippen molar-refractivity contribution in [2.45, 2.75) is 32.6 Å². The maximum Gasteiger partial charge on any atom is 0.0920 e. The molecule has 0 N–H and O–H groups in total. The van der Waals surface area contributed by atoms with Crippen LogP contribution in [0, 0.1) is 0 Å². The SMILES string of the molecule is CCCCCC[N+](C)(C)CCCl. The van der Waals surface area contributed by atoms with Crippen LogP contribution in [0.1, 0.15) is 32.6 Å². The van der Waals surface area contributed by atoms with Crippen LogP contribution in [0.2, 0.25) is 0 Å². The highest BCUT2D eigenvalue weighted by molar-refractivity contribution is 6.17. The van der Waals surface area contributed by atoms with Crippen molar-refractivity contribution in [3.8, 4) is 0 Å². The third-order valence-corrected chi connectivity index (χ3v) is 2.48. The Balaban J connectivity index is 3.33. The largest absolute Gasteiger partial charge is 0.327 e. The number of nitrogens with zero attached hydrogens (tertiary/aromatic N) is 1. The number of hydrogen-bond donors (Lipinski definition) is 0. The molecule has 0 aromatic rings. The molecular weight excluding hydrogens is 170 g/mol. The molecule has 0 saturated heterocycles. The molecule has 0 radical (unpaired) electrons. The average Bonchev–Trinajstić information content (AvgIpc) is 1.98. The third-order valence-electron chi connectivity index (χ3n) is 2.31. The lowest BCUT2D eigenvalue weighted by atomic mass is 10.2. The number of rotatable bonds is 7. The fourth-order valence-electron chi connectivity index (χ4n) is 1.31. The maximum atomic E-state index is 5.71. The second-order valence-corrected chi connectivity index (χ2v) is 4.51. The third kappa shape index (κ3) is 6.93. The summed E-state index contributed by atoms with van der Waals surface area (Å²) in [5.74, 6) is 0.779. The summed E-state index contributed by atoms with van der Waals surface area (Å²) < 4.78 is 1.08. The Bertz CT molecular complexity index is 102. The molecule has 0 heterocycles. The minimum absolute atomic E-state index is 0.779. The van der Waals surface area contributed by atoms with E-state index >= 15 is 0 Å². The maximum absolute atomic E-state index is 5.71. The fraction of sp³-hybridized carbons (Fsp3) is 1.00. The lowest BCUT2D eigenvalue weighted by Gasteiger charge is -2.28. The summed E-state index contributed by atoms with van der Waals surface area (Å²) in [7, 11) is 4.52. The van der Waals surface area contributed by atoms with E-state index in [1.54, 1.807) is 0 Å². The highest BCUT2D eigenvalue weighted by atomic mass is 35.5. The van der Waals surface area contributed by atoms with Crippen molar-refractivity contribution >= 4 is 11.6 Å². The summed E-state index contributed by atoms with van der Waals surface area (Å²) in [6.07, 6.45) is 5.42. The van der Waals surface area contributed by atoms with Gasteiger partial charge in [-0.2, -0.15) is 0 Å². The van der Waals surface area contributed by atoms with Crippen LogP contribution in [0.25, 0.3) is 0 Å². The zero-order valence-corrected chi connectivity index (χ0v) is 9.53. The molecule has 2 heteroatoms. The van der Waals surface area contributed by atoms with Gasteiger partial charge < -0.3 is 4.48 Å². The number of halogens is 1. The second-order valence-electron chi connectivity index (χ2n) is 4.13. The van der Waals surface area contributed by atoms with Crippen LogP contribution in [0.15, 0.2) is 0 Å². The van der Waals surface area contributed by atoms with Gasteiger partial charge in [0, 0.05) is 0 Å². The van der Waals surface area contributed by atoms with E-state index in [1.165, 1.54) is 32.2 Å². The summed E-state index contributed by atoms with van der Waals surface area (Å²) in [5.41, 5.74) is 0. The van der Waals surface area contributed by atoms with Crippen molar-refractivity contribution in [3.63, 3.8) is 0 Å². The molecule has 0 aliphatic rings. The second kappa shape index (κ2) is 6.73. The molecule has 0 fully saturated rings. The van der Waals surface area contributed by atoms with Crippen LogP contribution in [0.5, 0.6) is 0 Å². The van der Waals surface area contributed by atoms with Crippen molar-refractivity contribution in [1.82, 2.24) is 0 Å². The van der Waals surface area contributed by atoms with Gasteiger partial charge in [-0.15, -0.1) is 11.6 Å². The van der Waals surface area contributed by atoms with Gasteiger partial charge in [0.15, 0.2) is 0 Å². The molecular formula is C10H23ClN+. The Hall–Kier alpha value is 0.250. The predicted molar refractivity (Wildman–Crippen MR) is 56.7 cm³/mol. The first kappa shape index (κ1) is 12.2. The minimum atomic E-state index is 0.779. The smallest absolute Gasteiger partial charge is 0.0920 e. The van der Waals surface area contributed by atoms with Gasteiger partial charge in [0.1, 0.15) is 0 Å². The minimum Gasteiger partial charge on any atom is -0.327 e. The first-order chi connectivity index (χ1) is 5.62. The molecule has 0 unspecified atom stereocenters. The number of hydrogen-bond acceptors (Lipinski definition) is 0. The Morgan fingerprint density at radius 3 is 2.17 bits per heavy atom. The molecule has 12 heavy (non-hydrogen) atoms. The highest BCUT2D eigenvalue weighted by Crippen LogP contribution is 2.05. The first-order valence-electron chi connectivity index (χ1n) is 5.00. The van der Waals surface area contributed by atoms with Gasteiger partial charge in [0.2, 0.25) is 0 Å². The lowest BCUT2D eigenvalue weighted by molar-refractivity contribution is -0.888. The molecule has 74 valence electrons. The Kier molecular flexibility index (Phi) is 6.87. The molecule has 0 bridgehead atoms. The Morgan fingerprint density at radius 1 is 1.00 bits per heavy atom. The van der Waals surface area contributed by atoms with Crippen LogP contribution in [0.3, 0.4) is 0 Å². The summed E-state index contributed by atoms with van der Waals surface area (Å²) >= 11 is 5.71. The van der Waals surface area contributed by atoms with Crippen LogP contribution in [0.4, 0.5) is 0 Å². The van der Waals surface area contributed by atoms with Gasteiger partial charge in [-0.25, -0.2) is 0 Å². The Labute approximate surface area is 82.3 Å². The number of alkyl halides is 1. The van der Waals surface area contributed by atoms with Gasteiger partial charge in [-0.3, -0.25) is 0 Å². The number of quaternary nitrogens is 1. The molecule has 0 amide bonds. The van der Waals surface area contributed by atoms with E-state index in [-0.39, 0.29) is 0 Å². The van der Waals surface area contributed by atoms with E-state index in [0.29, 0.717) is 0 Å². The molecule has 0 aromatic carbocycles. The van der Waals surface area contributed by atoms with Gasteiger partial charge in [-0.1, -0.05) is 19.8 Å². The van der Waals surface area contributed by atoms with Gasteiger partial charge in [-0.05, 0) is 12.8 Å². The molecule has 0 saturated carbocycles. The summed E-state index contributed by atoms with van der Waals surface area (Å²) in [6.45, 7) is 4.61. The normalized spacial score (nSPS) is 12.0. The Morgan fingerprint density at radius 2 is 1.67 bits per heavy atom. The fourth-order valence-corrected chi connectivity index (χ4v) is 1.76. The van der Waals surface area contributed by atoms with Crippen molar-refractivity contribution in [1.29, 1.82) is 0 Å². The highest BCUT2D eigenvalue weighted by Gasteiger charge is 2.12. The van der Waals surface area contributed by atoms with Crippen molar-refractivity contribution in [2.75, 3.05) is 33.1 Å². The van der Waals surface area contributed by atoms with Gasteiger partial charge in [0.05, 0.1) is 33.1 Å². The molecule has 0 atom stereocenters. The molecule has 0 aromatic heterocycles. The standard InChI is InChI=1S/C10H23ClN/c1-4-5-6-7-9-12(2,3)10-8-11/h4-10H2,1-3H3/q+1. The predicted octanol–water partition coefficient (Wildman–Crippen LogP) is 2.88. The average molecular weight is 193 g/mol. The molecule has 0 rings (SSSR count). The van der Waals surface area contributed by atoms with Gasteiger partial charge >= 0.3 is 0 Å². The van der Waals surface area contributed by atoms with Crippen LogP contribution in [-0.4, -0.2) is 37.5 Å². The monoisotopic (exact) mass is 192 g/mol. The van der Waals surface area contributed by atoms with Gasteiger partial charge in [0.25, 0.3) is 0 Å². The zero-order chi connectivity index (χ0) is 9.45. The van der Waals surface area contributed by atoms with E-state index in [9.17, 15) is 0 Å². The summed E-state index contributed by atoms with van der Waals surface area (Å²) in [6, 6.07) is 0. The lowest BCUT2D eigenvalue weighted by Crippen LogP contribution is -2.41. The molecule has 0 aliphatic heterocycles. The molecule has 0 aliphatic carbocycles. The molecule has 1 nitrogen and oxygen atoms in total. The van der Waals surface area contributed by atoms with Crippen LogP contribution >= 0.6 is 11.6 Å². The summed E-state index contributed by atoms with van der Waals surface area (Å²) in [4.78, 5) is 0. The van der Waals surface area contributed by atoms with E-state index in [0.717, 1.165) is 16.9 Å². The van der Waals surface area contributed by atoms with E-state index < -0.39 is 0 Å². The molecule has 0 spiro atoms. The van der Waals surface area contributed by atoms with Crippen molar-refractivity contribution < 1.29 is 4.48 Å². The van der Waals surface area contributed by atoms with Crippen molar-refractivity contribution in [2.24, 2.45) is 0 Å². The van der Waals surface area contributed by atoms with Crippen LogP contribution < -0.4 is 0 Å². The zero-order valence-electron chi connectivity index (χ0n) is 8.77. The topological polar surface area (TPSA) is 0 Å². The van der Waals surface area contributed by atoms with Crippen LogP contribution in [-0.2, 0) is 0 Å². The van der Waals surface area contributed by atoms with E-state index in [2.05, 4.69) is 21.0 Å².